The Kier molecular flexibility index (Phi) is 4.37. The van der Waals surface area contributed by atoms with Gasteiger partial charge in [-0.15, -0.1) is 0 Å². The number of phenolic OH excluding ortho intramolecular Hbond substituents is 1. The van der Waals surface area contributed by atoms with Gasteiger partial charge >= 0.3 is 0 Å². The number of rotatable bonds is 3. The minimum atomic E-state index is -1.20. The van der Waals surface area contributed by atoms with Gasteiger partial charge in [-0.05, 0) is 25.1 Å². The van der Waals surface area contributed by atoms with Crippen molar-refractivity contribution in [3.8, 4) is 5.75 Å². The monoisotopic (exact) mass is 275 g/mol. The number of anilines is 1. The first-order valence-corrected chi connectivity index (χ1v) is 5.61. The molecule has 0 bridgehead atoms. The first-order chi connectivity index (χ1) is 7.84. The number of nitrogens with zero attached hydrogens (tertiary/aromatic N) is 1. The van der Waals surface area contributed by atoms with Crippen molar-refractivity contribution in [2.24, 2.45) is 0 Å². The molecule has 0 heterocycles. The average molecular weight is 276 g/mol. The second kappa shape index (κ2) is 5.38. The van der Waals surface area contributed by atoms with Crippen molar-refractivity contribution in [3.05, 3.63) is 23.8 Å². The molecule has 0 aliphatic heterocycles. The third kappa shape index (κ3) is 3.11. The number of aromatic hydroxyl groups is 1. The maximum atomic E-state index is 11.5. The summed E-state index contributed by atoms with van der Waals surface area (Å²) in [6.07, 6.45) is 0. The predicted molar refractivity (Wildman–Crippen MR) is 67.0 cm³/mol. The predicted octanol–water partition coefficient (Wildman–Crippen LogP) is 2.36. The third-order valence-electron chi connectivity index (χ3n) is 2.26. The maximum absolute atomic E-state index is 11.5. The highest BCUT2D eigenvalue weighted by molar-refractivity contribution is 6.54. The van der Waals surface area contributed by atoms with Gasteiger partial charge < -0.3 is 10.0 Å². The lowest BCUT2D eigenvalue weighted by atomic mass is 10.1. The van der Waals surface area contributed by atoms with Crippen LogP contribution in [0.3, 0.4) is 0 Å². The van der Waals surface area contributed by atoms with Crippen molar-refractivity contribution in [2.45, 2.75) is 11.8 Å². The summed E-state index contributed by atoms with van der Waals surface area (Å²) in [7, 11) is 1.43. The minimum absolute atomic E-state index is 0.173. The fourth-order valence-electron chi connectivity index (χ4n) is 1.29. The number of carbonyl (C=O) groups excluding carboxylic acids is 2. The van der Waals surface area contributed by atoms with E-state index in [2.05, 4.69) is 0 Å². The number of amides is 1. The summed E-state index contributed by atoms with van der Waals surface area (Å²) in [5.74, 6) is -0.907. The Hall–Kier alpha value is -1.26. The number of carbonyl (C=O) groups is 2. The molecule has 1 amide bonds. The summed E-state index contributed by atoms with van der Waals surface area (Å²) in [5, 5.41) is 9.71. The van der Waals surface area contributed by atoms with Gasteiger partial charge in [0.25, 0.3) is 5.91 Å². The summed E-state index contributed by atoms with van der Waals surface area (Å²) in [6, 6.07) is 4.26. The summed E-state index contributed by atoms with van der Waals surface area (Å²) in [4.78, 5) is 22.5. The number of halogens is 2. The fraction of sp³-hybridized carbons (Fsp3) is 0.273. The lowest BCUT2D eigenvalue weighted by Crippen LogP contribution is -2.31. The molecule has 0 atom stereocenters. The van der Waals surface area contributed by atoms with E-state index in [9.17, 15) is 14.7 Å². The summed E-state index contributed by atoms with van der Waals surface area (Å²) < 4.78 is 0. The van der Waals surface area contributed by atoms with Gasteiger partial charge in [-0.2, -0.15) is 0 Å². The van der Waals surface area contributed by atoms with E-state index in [1.807, 2.05) is 0 Å². The van der Waals surface area contributed by atoms with Crippen molar-refractivity contribution in [1.29, 1.82) is 0 Å². The normalized spacial score (nSPS) is 10.4. The van der Waals surface area contributed by atoms with Gasteiger partial charge in [-0.3, -0.25) is 9.59 Å². The van der Waals surface area contributed by atoms with Crippen LogP contribution in [0.5, 0.6) is 5.75 Å². The molecule has 4 nitrogen and oxygen atoms in total. The van der Waals surface area contributed by atoms with E-state index in [1.54, 1.807) is 0 Å². The Labute approximate surface area is 109 Å². The van der Waals surface area contributed by atoms with Gasteiger partial charge in [0.15, 0.2) is 10.6 Å². The van der Waals surface area contributed by atoms with Gasteiger partial charge in [0.2, 0.25) is 0 Å². The van der Waals surface area contributed by atoms with E-state index in [-0.39, 0.29) is 17.2 Å². The van der Waals surface area contributed by atoms with Crippen LogP contribution < -0.4 is 4.90 Å². The van der Waals surface area contributed by atoms with Gasteiger partial charge in [0.05, 0.1) is 5.69 Å². The highest BCUT2D eigenvalue weighted by Crippen LogP contribution is 2.28. The van der Waals surface area contributed by atoms with E-state index in [1.165, 1.54) is 32.2 Å². The Morgan fingerprint density at radius 2 is 1.94 bits per heavy atom. The SMILES string of the molecule is CC(=O)c1ccc(N(C)C(=O)C(Cl)Cl)c(O)c1. The zero-order valence-corrected chi connectivity index (χ0v) is 10.8. The smallest absolute Gasteiger partial charge is 0.260 e. The van der Waals surface area contributed by atoms with Crippen LogP contribution in [0, 0.1) is 0 Å². The summed E-state index contributed by atoms with van der Waals surface area (Å²) >= 11 is 10.9. The first-order valence-electron chi connectivity index (χ1n) is 4.74. The van der Waals surface area contributed by atoms with E-state index >= 15 is 0 Å². The van der Waals surface area contributed by atoms with Crippen LogP contribution in [0.4, 0.5) is 5.69 Å². The highest BCUT2D eigenvalue weighted by Gasteiger charge is 2.20. The molecule has 0 unspecified atom stereocenters. The fourth-order valence-corrected chi connectivity index (χ4v) is 1.58. The molecule has 0 aliphatic carbocycles. The van der Waals surface area contributed by atoms with Crippen molar-refractivity contribution in [2.75, 3.05) is 11.9 Å². The van der Waals surface area contributed by atoms with Crippen molar-refractivity contribution in [3.63, 3.8) is 0 Å². The molecule has 0 aliphatic rings. The second-order valence-electron chi connectivity index (χ2n) is 3.46. The molecule has 1 aromatic carbocycles. The topological polar surface area (TPSA) is 57.6 Å². The number of benzene rings is 1. The average Bonchev–Trinajstić information content (AvgIpc) is 2.26. The second-order valence-corrected chi connectivity index (χ2v) is 4.55. The molecule has 0 fully saturated rings. The summed E-state index contributed by atoms with van der Waals surface area (Å²) in [5.41, 5.74) is 0.603. The van der Waals surface area contributed by atoms with Crippen LogP contribution in [0.25, 0.3) is 0 Å². The van der Waals surface area contributed by atoms with Crippen LogP contribution in [0.1, 0.15) is 17.3 Å². The van der Waals surface area contributed by atoms with Crippen LogP contribution in [-0.4, -0.2) is 28.7 Å². The Bertz CT molecular complexity index is 460. The Morgan fingerprint density at radius 1 is 1.35 bits per heavy atom. The number of Topliss-reactive ketones (excluding diaryl/α,β-unsaturated/α-hetero) is 1. The number of alkyl halides is 2. The van der Waals surface area contributed by atoms with Crippen molar-refractivity contribution >= 4 is 40.6 Å². The lowest BCUT2D eigenvalue weighted by Gasteiger charge is -2.19. The molecule has 1 rings (SSSR count). The number of phenols is 1. The molecule has 0 spiro atoms. The van der Waals surface area contributed by atoms with Crippen molar-refractivity contribution in [1.82, 2.24) is 0 Å². The molecule has 6 heteroatoms. The molecule has 0 aromatic heterocycles. The Balaban J connectivity index is 3.08. The van der Waals surface area contributed by atoms with Crippen LogP contribution in [-0.2, 0) is 4.79 Å². The number of hydrogen-bond donors (Lipinski definition) is 1. The van der Waals surface area contributed by atoms with Crippen LogP contribution in [0.2, 0.25) is 0 Å². The molecular weight excluding hydrogens is 265 g/mol. The van der Waals surface area contributed by atoms with Gasteiger partial charge in [0.1, 0.15) is 5.75 Å². The van der Waals surface area contributed by atoms with Crippen LogP contribution in [0.15, 0.2) is 18.2 Å². The molecular formula is C11H11Cl2NO3. The van der Waals surface area contributed by atoms with Crippen molar-refractivity contribution < 1.29 is 14.7 Å². The highest BCUT2D eigenvalue weighted by atomic mass is 35.5. The maximum Gasteiger partial charge on any atom is 0.260 e. The third-order valence-corrected chi connectivity index (χ3v) is 2.63. The molecule has 1 aromatic rings. The van der Waals surface area contributed by atoms with Gasteiger partial charge in [-0.25, -0.2) is 0 Å². The molecule has 0 saturated heterocycles. The standard InChI is InChI=1S/C11H11Cl2NO3/c1-6(15)7-3-4-8(9(16)5-7)14(2)11(17)10(12)13/h3-5,10,16H,1-2H3. The zero-order chi connectivity index (χ0) is 13.2. The molecule has 1 N–H and O–H groups in total. The minimum Gasteiger partial charge on any atom is -0.506 e. The summed E-state index contributed by atoms with van der Waals surface area (Å²) in [6.45, 7) is 1.39. The lowest BCUT2D eigenvalue weighted by molar-refractivity contribution is -0.116. The van der Waals surface area contributed by atoms with E-state index < -0.39 is 10.7 Å². The molecule has 92 valence electrons. The van der Waals surface area contributed by atoms with E-state index in [0.717, 1.165) is 4.90 Å². The Morgan fingerprint density at radius 3 is 2.35 bits per heavy atom. The van der Waals surface area contributed by atoms with E-state index in [4.69, 9.17) is 23.2 Å². The molecule has 17 heavy (non-hydrogen) atoms. The van der Waals surface area contributed by atoms with E-state index in [0.29, 0.717) is 5.56 Å². The van der Waals surface area contributed by atoms with Gasteiger partial charge in [0, 0.05) is 12.6 Å². The first kappa shape index (κ1) is 13.8. The van der Waals surface area contributed by atoms with Gasteiger partial charge in [-0.1, -0.05) is 23.2 Å². The zero-order valence-electron chi connectivity index (χ0n) is 9.28. The van der Waals surface area contributed by atoms with Crippen LogP contribution >= 0.6 is 23.2 Å². The number of hydrogen-bond acceptors (Lipinski definition) is 3. The molecule has 0 radical (unpaired) electrons. The number of ketones is 1. The largest absolute Gasteiger partial charge is 0.506 e. The molecule has 0 saturated carbocycles. The quantitative estimate of drug-likeness (QED) is 0.681.